The number of aliphatic hydroxyl groups is 1. The summed E-state index contributed by atoms with van der Waals surface area (Å²) in [5, 5.41) is 13.0. The van der Waals surface area contributed by atoms with Crippen LogP contribution >= 0.6 is 0 Å². The van der Waals surface area contributed by atoms with Gasteiger partial charge in [-0.3, -0.25) is 4.90 Å². The van der Waals surface area contributed by atoms with Crippen molar-refractivity contribution in [2.75, 3.05) is 43.0 Å². The summed E-state index contributed by atoms with van der Waals surface area (Å²) in [7, 11) is 0. The van der Waals surface area contributed by atoms with Crippen molar-refractivity contribution in [2.45, 2.75) is 44.4 Å². The highest BCUT2D eigenvalue weighted by Gasteiger charge is 2.30. The smallest absolute Gasteiger partial charge is 0.396 e. The largest absolute Gasteiger partial charge is 0.416 e. The normalized spacial score (nSPS) is 21.0. The Hall–Kier alpha value is -2.39. The molecule has 1 aromatic heterocycles. The summed E-state index contributed by atoms with van der Waals surface area (Å²) in [6, 6.07) is 7.82. The molecule has 0 radical (unpaired) electrons. The summed E-state index contributed by atoms with van der Waals surface area (Å²) in [6.07, 6.45) is 1.15. The van der Waals surface area contributed by atoms with Crippen LogP contribution in [0.15, 0.2) is 36.7 Å². The number of hydrogen-bond acceptors (Lipinski definition) is 6. The van der Waals surface area contributed by atoms with Crippen molar-refractivity contribution >= 4 is 11.6 Å². The van der Waals surface area contributed by atoms with Gasteiger partial charge in [0.25, 0.3) is 0 Å². The Morgan fingerprint density at radius 1 is 1.06 bits per heavy atom. The minimum atomic E-state index is -4.31. The van der Waals surface area contributed by atoms with Crippen LogP contribution in [-0.2, 0) is 12.7 Å². The van der Waals surface area contributed by atoms with E-state index in [2.05, 4.69) is 25.1 Å². The molecule has 2 aliphatic heterocycles. The first-order chi connectivity index (χ1) is 15.4. The molecule has 0 spiro atoms. The van der Waals surface area contributed by atoms with Gasteiger partial charge in [0, 0.05) is 51.4 Å². The van der Waals surface area contributed by atoms with Gasteiger partial charge in [0.15, 0.2) is 0 Å². The molecule has 2 aromatic rings. The lowest BCUT2D eigenvalue weighted by Crippen LogP contribution is -2.39. The molecule has 2 N–H and O–H groups in total. The Labute approximate surface area is 186 Å². The first-order valence-corrected chi connectivity index (χ1v) is 11.2. The lowest BCUT2D eigenvalue weighted by atomic mass is 9.99. The number of aliphatic hydroxyl groups excluding tert-OH is 1. The van der Waals surface area contributed by atoms with Crippen LogP contribution in [0.1, 0.15) is 36.8 Å². The van der Waals surface area contributed by atoms with Gasteiger partial charge in [-0.2, -0.15) is 13.2 Å². The van der Waals surface area contributed by atoms with E-state index in [1.54, 1.807) is 12.4 Å². The number of nitrogens with one attached hydrogen (secondary N) is 1. The van der Waals surface area contributed by atoms with Crippen LogP contribution in [0, 0.1) is 5.92 Å². The number of likely N-dealkylation sites (tertiary alicyclic amines) is 1. The zero-order valence-corrected chi connectivity index (χ0v) is 18.1. The molecule has 4 rings (SSSR count). The summed E-state index contributed by atoms with van der Waals surface area (Å²) >= 11 is 0. The number of rotatable bonds is 6. The standard InChI is InChI=1S/C23H30F3N5O/c24-23(25,26)19-5-1-3-17(11-19)13-30-9-6-20(7-10-30)29-21-12-22(28-16-27-21)31-8-2-4-18(14-31)15-32/h1,3,5,11-12,16,18,20,32H,2,4,6-10,13-15H2,(H,27,28,29). The molecular weight excluding hydrogens is 419 g/mol. The Balaban J connectivity index is 1.29. The van der Waals surface area contributed by atoms with Crippen molar-refractivity contribution in [3.05, 3.63) is 47.8 Å². The van der Waals surface area contributed by atoms with Crippen LogP contribution in [0.2, 0.25) is 0 Å². The van der Waals surface area contributed by atoms with E-state index in [0.29, 0.717) is 12.1 Å². The minimum Gasteiger partial charge on any atom is -0.396 e. The highest BCUT2D eigenvalue weighted by Crippen LogP contribution is 2.30. The Morgan fingerprint density at radius 3 is 2.62 bits per heavy atom. The number of halogens is 3. The molecule has 2 aliphatic rings. The van der Waals surface area contributed by atoms with Gasteiger partial charge in [0.2, 0.25) is 0 Å². The lowest BCUT2D eigenvalue weighted by molar-refractivity contribution is -0.137. The fourth-order valence-electron chi connectivity index (χ4n) is 4.57. The maximum absolute atomic E-state index is 12.9. The van der Waals surface area contributed by atoms with E-state index in [4.69, 9.17) is 0 Å². The molecule has 174 valence electrons. The number of benzene rings is 1. The molecule has 1 aromatic carbocycles. The zero-order chi connectivity index (χ0) is 22.6. The molecule has 1 atom stereocenters. The number of alkyl halides is 3. The Kier molecular flexibility index (Phi) is 7.15. The maximum Gasteiger partial charge on any atom is 0.416 e. The van der Waals surface area contributed by atoms with Crippen molar-refractivity contribution < 1.29 is 18.3 Å². The van der Waals surface area contributed by atoms with Gasteiger partial charge in [-0.1, -0.05) is 18.2 Å². The van der Waals surface area contributed by atoms with Crippen LogP contribution in [0.5, 0.6) is 0 Å². The molecular formula is C23H30F3N5O. The van der Waals surface area contributed by atoms with E-state index in [9.17, 15) is 18.3 Å². The number of aromatic nitrogens is 2. The summed E-state index contributed by atoms with van der Waals surface area (Å²) in [5.41, 5.74) is 0.0968. The second kappa shape index (κ2) is 10.0. The van der Waals surface area contributed by atoms with Crippen LogP contribution < -0.4 is 10.2 Å². The lowest BCUT2D eigenvalue weighted by Gasteiger charge is -2.34. The Morgan fingerprint density at radius 2 is 1.88 bits per heavy atom. The molecule has 3 heterocycles. The first-order valence-electron chi connectivity index (χ1n) is 11.2. The average Bonchev–Trinajstić information content (AvgIpc) is 2.80. The second-order valence-electron chi connectivity index (χ2n) is 8.79. The number of piperidine rings is 2. The zero-order valence-electron chi connectivity index (χ0n) is 18.1. The topological polar surface area (TPSA) is 64.5 Å². The molecule has 1 unspecified atom stereocenters. The van der Waals surface area contributed by atoms with Crippen molar-refractivity contribution in [3.8, 4) is 0 Å². The van der Waals surface area contributed by atoms with Gasteiger partial charge in [-0.05, 0) is 43.2 Å². The van der Waals surface area contributed by atoms with E-state index in [1.807, 2.05) is 6.07 Å². The minimum absolute atomic E-state index is 0.200. The predicted molar refractivity (Wildman–Crippen MR) is 117 cm³/mol. The van der Waals surface area contributed by atoms with Crippen LogP contribution in [0.3, 0.4) is 0 Å². The average molecular weight is 450 g/mol. The van der Waals surface area contributed by atoms with Gasteiger partial charge in [-0.25, -0.2) is 9.97 Å². The highest BCUT2D eigenvalue weighted by atomic mass is 19.4. The Bertz CT molecular complexity index is 886. The van der Waals surface area contributed by atoms with Gasteiger partial charge >= 0.3 is 6.18 Å². The first kappa shape index (κ1) is 22.8. The van der Waals surface area contributed by atoms with Crippen molar-refractivity contribution in [1.82, 2.24) is 14.9 Å². The maximum atomic E-state index is 12.9. The summed E-state index contributed by atoms with van der Waals surface area (Å²) in [5.74, 6) is 1.95. The van der Waals surface area contributed by atoms with Gasteiger partial charge in [0.05, 0.1) is 5.56 Å². The monoisotopic (exact) mass is 449 g/mol. The molecule has 0 bridgehead atoms. The van der Waals surface area contributed by atoms with Gasteiger partial charge in [-0.15, -0.1) is 0 Å². The molecule has 0 amide bonds. The summed E-state index contributed by atoms with van der Waals surface area (Å²) in [6.45, 7) is 4.09. The van der Waals surface area contributed by atoms with E-state index < -0.39 is 11.7 Å². The molecule has 0 saturated carbocycles. The fourth-order valence-corrected chi connectivity index (χ4v) is 4.57. The van der Waals surface area contributed by atoms with Crippen molar-refractivity contribution in [3.63, 3.8) is 0 Å². The van der Waals surface area contributed by atoms with Crippen molar-refractivity contribution in [2.24, 2.45) is 5.92 Å². The molecule has 0 aliphatic carbocycles. The fraction of sp³-hybridized carbons (Fsp3) is 0.565. The van der Waals surface area contributed by atoms with Gasteiger partial charge < -0.3 is 15.3 Å². The predicted octanol–water partition coefficient (Wildman–Crippen LogP) is 3.78. The number of hydrogen-bond donors (Lipinski definition) is 2. The SMILES string of the molecule is OCC1CCCN(c2cc(NC3CCN(Cc4cccc(C(F)(F)F)c4)CC3)ncn2)C1. The van der Waals surface area contributed by atoms with E-state index in [-0.39, 0.29) is 18.6 Å². The number of anilines is 2. The molecule has 32 heavy (non-hydrogen) atoms. The van der Waals surface area contributed by atoms with Crippen molar-refractivity contribution in [1.29, 1.82) is 0 Å². The molecule has 2 saturated heterocycles. The molecule has 9 heteroatoms. The summed E-state index contributed by atoms with van der Waals surface area (Å²) in [4.78, 5) is 13.2. The van der Waals surface area contributed by atoms with Crippen LogP contribution in [-0.4, -0.2) is 58.8 Å². The van der Waals surface area contributed by atoms with Crippen LogP contribution in [0.4, 0.5) is 24.8 Å². The van der Waals surface area contributed by atoms with Crippen LogP contribution in [0.25, 0.3) is 0 Å². The molecule has 2 fully saturated rings. The molecule has 6 nitrogen and oxygen atoms in total. The van der Waals surface area contributed by atoms with E-state index in [1.165, 1.54) is 12.1 Å². The number of nitrogens with zero attached hydrogens (tertiary/aromatic N) is 4. The summed E-state index contributed by atoms with van der Waals surface area (Å²) < 4.78 is 38.8. The second-order valence-corrected chi connectivity index (χ2v) is 8.79. The van der Waals surface area contributed by atoms with Gasteiger partial charge in [0.1, 0.15) is 18.0 Å². The van der Waals surface area contributed by atoms with E-state index >= 15 is 0 Å². The third-order valence-electron chi connectivity index (χ3n) is 6.35. The third kappa shape index (κ3) is 5.89. The quantitative estimate of drug-likeness (QED) is 0.700. The third-order valence-corrected chi connectivity index (χ3v) is 6.35. The highest BCUT2D eigenvalue weighted by molar-refractivity contribution is 5.49. The van der Waals surface area contributed by atoms with E-state index in [0.717, 1.165) is 69.6 Å².